The van der Waals surface area contributed by atoms with Crippen LogP contribution in [0.3, 0.4) is 0 Å². The van der Waals surface area contributed by atoms with Gasteiger partial charge in [-0.05, 0) is 10.4 Å². The largest absolute Gasteiger partial charge is 0.320 e. The first kappa shape index (κ1) is 3.85. The average Bonchev–Trinajstić information content (AvgIpc) is 2.14. The van der Waals surface area contributed by atoms with Gasteiger partial charge in [-0.15, -0.1) is 5.10 Å². The third kappa shape index (κ3) is 0.566. The van der Waals surface area contributed by atoms with Gasteiger partial charge >= 0.3 is 5.96 Å². The molecule has 2 N–H and O–H groups in total. The summed E-state index contributed by atoms with van der Waals surface area (Å²) in [6.45, 7) is 0. The molecule has 0 aromatic heterocycles. The second-order valence-electron chi connectivity index (χ2n) is 0.808. The van der Waals surface area contributed by atoms with E-state index >= 15 is 0 Å². The number of rotatable bonds is 0. The molecule has 0 aromatic rings. The van der Waals surface area contributed by atoms with E-state index in [1.165, 1.54) is 0 Å². The van der Waals surface area contributed by atoms with Crippen molar-refractivity contribution in [1.29, 1.82) is 0 Å². The van der Waals surface area contributed by atoms with Crippen LogP contribution >= 0.6 is 0 Å². The molecule has 0 aromatic carbocycles. The van der Waals surface area contributed by atoms with Crippen molar-refractivity contribution in [2.24, 2.45) is 31.6 Å². The van der Waals surface area contributed by atoms with Crippen molar-refractivity contribution in [3.8, 4) is 0 Å². The van der Waals surface area contributed by atoms with Crippen LogP contribution in [-0.4, -0.2) is 5.96 Å². The number of nitrogens with zero attached hydrogens (tertiary/aromatic N) is 5. The SMILES string of the molecule is NN=C1N=NN=N1. The molecule has 0 saturated carbocycles. The lowest BCUT2D eigenvalue weighted by atomic mass is 11.1. The maximum Gasteiger partial charge on any atom is 0.307 e. The van der Waals surface area contributed by atoms with Crippen LogP contribution in [0.15, 0.2) is 25.8 Å². The summed E-state index contributed by atoms with van der Waals surface area (Å²) < 4.78 is 0. The molecule has 0 atom stereocenters. The first-order valence-corrected chi connectivity index (χ1v) is 1.53. The zero-order valence-corrected chi connectivity index (χ0v) is 3.31. The van der Waals surface area contributed by atoms with E-state index in [1.807, 2.05) is 0 Å². The Morgan fingerprint density at radius 2 is 1.86 bits per heavy atom. The van der Waals surface area contributed by atoms with Gasteiger partial charge < -0.3 is 5.84 Å². The molecule has 0 radical (unpaired) electrons. The van der Waals surface area contributed by atoms with E-state index in [9.17, 15) is 0 Å². The maximum absolute atomic E-state index is 4.71. The number of nitrogens with two attached hydrogens (primary N) is 1. The second kappa shape index (κ2) is 1.41. The second-order valence-corrected chi connectivity index (χ2v) is 0.808. The predicted molar refractivity (Wildman–Crippen MR) is 21.3 cm³/mol. The monoisotopic (exact) mass is 98.0 g/mol. The molecule has 0 spiro atoms. The van der Waals surface area contributed by atoms with Gasteiger partial charge in [0.2, 0.25) is 0 Å². The van der Waals surface area contributed by atoms with Crippen molar-refractivity contribution >= 4 is 5.96 Å². The van der Waals surface area contributed by atoms with Crippen LogP contribution < -0.4 is 5.84 Å². The summed E-state index contributed by atoms with van der Waals surface area (Å²) in [7, 11) is 0. The summed E-state index contributed by atoms with van der Waals surface area (Å²) in [6, 6.07) is 0. The molecule has 1 aliphatic heterocycles. The standard InChI is InChI=1S/CH2N6/c2-3-1-4-6-7-5-1/h2H2. The van der Waals surface area contributed by atoms with Gasteiger partial charge in [0.05, 0.1) is 0 Å². The number of hydrogen-bond donors (Lipinski definition) is 1. The van der Waals surface area contributed by atoms with Gasteiger partial charge in [0.25, 0.3) is 0 Å². The fourth-order valence-corrected chi connectivity index (χ4v) is 0.192. The van der Waals surface area contributed by atoms with E-state index in [4.69, 9.17) is 5.84 Å². The van der Waals surface area contributed by atoms with Crippen molar-refractivity contribution in [3.63, 3.8) is 0 Å². The summed E-state index contributed by atoms with van der Waals surface area (Å²) in [5.41, 5.74) is 0. The Kier molecular flexibility index (Phi) is 0.777. The highest BCUT2D eigenvalue weighted by Crippen LogP contribution is 1.93. The number of hydrazone groups is 1. The molecule has 0 aliphatic carbocycles. The Morgan fingerprint density at radius 3 is 2.14 bits per heavy atom. The smallest absolute Gasteiger partial charge is 0.307 e. The molecule has 1 heterocycles. The minimum atomic E-state index is 0.111. The number of guanidine groups is 1. The number of hydrogen-bond acceptors (Lipinski definition) is 4. The van der Waals surface area contributed by atoms with Crippen molar-refractivity contribution in [1.82, 2.24) is 0 Å². The van der Waals surface area contributed by atoms with Crippen LogP contribution in [0.5, 0.6) is 0 Å². The van der Waals surface area contributed by atoms with Crippen molar-refractivity contribution in [3.05, 3.63) is 0 Å². The van der Waals surface area contributed by atoms with Gasteiger partial charge in [0.1, 0.15) is 0 Å². The van der Waals surface area contributed by atoms with E-state index in [2.05, 4.69) is 25.8 Å². The maximum atomic E-state index is 4.71. The third-order valence-corrected chi connectivity index (χ3v) is 0.424. The topological polar surface area (TPSA) is 87.8 Å². The summed E-state index contributed by atoms with van der Waals surface area (Å²) in [4.78, 5) is 0. The Morgan fingerprint density at radius 1 is 1.29 bits per heavy atom. The van der Waals surface area contributed by atoms with Gasteiger partial charge in [-0.1, -0.05) is 10.2 Å². The highest BCUT2D eigenvalue weighted by atomic mass is 15.6. The van der Waals surface area contributed by atoms with Crippen LogP contribution in [0.1, 0.15) is 0 Å². The quantitative estimate of drug-likeness (QED) is 0.336. The highest BCUT2D eigenvalue weighted by molar-refractivity contribution is 5.80. The van der Waals surface area contributed by atoms with Crippen LogP contribution in [0.4, 0.5) is 0 Å². The Hall–Kier alpha value is -1.33. The highest BCUT2D eigenvalue weighted by Gasteiger charge is 1.94. The van der Waals surface area contributed by atoms with Gasteiger partial charge in [-0.3, -0.25) is 0 Å². The molecule has 6 heteroatoms. The van der Waals surface area contributed by atoms with Crippen LogP contribution in [0, 0.1) is 0 Å². The summed E-state index contributed by atoms with van der Waals surface area (Å²) in [6.07, 6.45) is 0. The van der Waals surface area contributed by atoms with Crippen molar-refractivity contribution < 1.29 is 0 Å². The Balaban J connectivity index is 2.79. The van der Waals surface area contributed by atoms with Gasteiger partial charge in [-0.2, -0.15) is 0 Å². The summed E-state index contributed by atoms with van der Waals surface area (Å²) in [5.74, 6) is 4.83. The van der Waals surface area contributed by atoms with E-state index < -0.39 is 0 Å². The minimum Gasteiger partial charge on any atom is -0.320 e. The molecule has 0 saturated heterocycles. The van der Waals surface area contributed by atoms with E-state index in [1.54, 1.807) is 0 Å². The lowest BCUT2D eigenvalue weighted by Gasteiger charge is -1.70. The lowest BCUT2D eigenvalue weighted by Crippen LogP contribution is -1.88. The van der Waals surface area contributed by atoms with Crippen molar-refractivity contribution in [2.45, 2.75) is 0 Å². The van der Waals surface area contributed by atoms with Crippen LogP contribution in [0.2, 0.25) is 0 Å². The molecule has 0 amide bonds. The lowest BCUT2D eigenvalue weighted by molar-refractivity contribution is 1.06. The van der Waals surface area contributed by atoms with Gasteiger partial charge in [0.15, 0.2) is 0 Å². The molecule has 0 bridgehead atoms. The molecular formula is CH2N6. The van der Waals surface area contributed by atoms with Crippen LogP contribution in [0.25, 0.3) is 0 Å². The molecule has 0 unspecified atom stereocenters. The Labute approximate surface area is 38.8 Å². The predicted octanol–water partition coefficient (Wildman–Crippen LogP) is 0.0491. The first-order chi connectivity index (χ1) is 3.43. The fourth-order valence-electron chi connectivity index (χ4n) is 0.192. The Bertz CT molecular complexity index is 126. The van der Waals surface area contributed by atoms with E-state index in [-0.39, 0.29) is 5.96 Å². The van der Waals surface area contributed by atoms with E-state index in [0.717, 1.165) is 0 Å². The molecule has 1 rings (SSSR count). The molecule has 0 fully saturated rings. The molecule has 7 heavy (non-hydrogen) atoms. The first-order valence-electron chi connectivity index (χ1n) is 1.53. The molecule has 36 valence electrons. The minimum absolute atomic E-state index is 0.111. The normalized spacial score (nSPS) is 15.7. The van der Waals surface area contributed by atoms with E-state index in [0.29, 0.717) is 0 Å². The van der Waals surface area contributed by atoms with Gasteiger partial charge in [0, 0.05) is 0 Å². The summed E-state index contributed by atoms with van der Waals surface area (Å²) >= 11 is 0. The fraction of sp³-hybridized carbons (Fsp3) is 0. The van der Waals surface area contributed by atoms with Crippen LogP contribution in [-0.2, 0) is 0 Å². The third-order valence-electron chi connectivity index (χ3n) is 0.424. The van der Waals surface area contributed by atoms with Crippen molar-refractivity contribution in [2.75, 3.05) is 0 Å². The molecular weight excluding hydrogens is 96.1 g/mol. The summed E-state index contributed by atoms with van der Waals surface area (Å²) in [5, 5.41) is 15.8. The molecule has 6 nitrogen and oxygen atoms in total. The van der Waals surface area contributed by atoms with Gasteiger partial charge in [-0.25, -0.2) is 0 Å². The molecule has 1 aliphatic rings. The average molecular weight is 98.1 g/mol. The zero-order valence-electron chi connectivity index (χ0n) is 3.31. The zero-order chi connectivity index (χ0) is 5.11.